The van der Waals surface area contributed by atoms with Crippen molar-refractivity contribution in [1.29, 1.82) is 0 Å². The number of halogens is 2. The van der Waals surface area contributed by atoms with Gasteiger partial charge in [0.25, 0.3) is 5.91 Å². The molecule has 3 rings (SSSR count). The topological polar surface area (TPSA) is 66.9 Å². The third kappa shape index (κ3) is 3.83. The van der Waals surface area contributed by atoms with Crippen LogP contribution in [-0.2, 0) is 0 Å². The van der Waals surface area contributed by atoms with E-state index in [1.54, 1.807) is 18.2 Å². The Morgan fingerprint density at radius 2 is 1.71 bits per heavy atom. The average Bonchev–Trinajstić information content (AvgIpc) is 3.22. The summed E-state index contributed by atoms with van der Waals surface area (Å²) in [4.78, 5) is 20.3. The van der Waals surface area contributed by atoms with Gasteiger partial charge in [0.2, 0.25) is 5.95 Å². The van der Waals surface area contributed by atoms with Gasteiger partial charge in [0.1, 0.15) is 0 Å². The minimum atomic E-state index is -0.314. The minimum Gasteiger partial charge on any atom is -0.351 e. The maximum absolute atomic E-state index is 12.1. The number of nitrogens with one attached hydrogen (secondary N) is 2. The first kappa shape index (κ1) is 14.1. The molecule has 1 saturated carbocycles. The highest BCUT2D eigenvalue weighted by Crippen LogP contribution is 2.24. The Balaban J connectivity index is 1.69. The highest BCUT2D eigenvalue weighted by molar-refractivity contribution is 6.35. The Morgan fingerprint density at radius 3 is 2.29 bits per heavy atom. The Kier molecular flexibility index (Phi) is 3.94. The van der Waals surface area contributed by atoms with Crippen molar-refractivity contribution in [1.82, 2.24) is 9.97 Å². The van der Waals surface area contributed by atoms with Crippen LogP contribution in [0, 0.1) is 0 Å². The van der Waals surface area contributed by atoms with Crippen LogP contribution in [0.25, 0.3) is 0 Å². The molecule has 0 spiro atoms. The molecule has 108 valence electrons. The number of anilines is 2. The van der Waals surface area contributed by atoms with Gasteiger partial charge in [-0.05, 0) is 31.0 Å². The number of carbonyl (C=O) groups excluding carboxylic acids is 1. The van der Waals surface area contributed by atoms with Gasteiger partial charge in [0.15, 0.2) is 0 Å². The zero-order valence-corrected chi connectivity index (χ0v) is 12.4. The van der Waals surface area contributed by atoms with E-state index >= 15 is 0 Å². The number of hydrogen-bond acceptors (Lipinski definition) is 4. The molecule has 7 heteroatoms. The van der Waals surface area contributed by atoms with Gasteiger partial charge in [-0.3, -0.25) is 4.79 Å². The highest BCUT2D eigenvalue weighted by Gasteiger charge is 2.21. The van der Waals surface area contributed by atoms with E-state index in [1.165, 1.54) is 12.4 Å². The molecular formula is C14H12Cl2N4O. The fraction of sp³-hybridized carbons (Fsp3) is 0.214. The van der Waals surface area contributed by atoms with Crippen LogP contribution in [0.15, 0.2) is 30.6 Å². The van der Waals surface area contributed by atoms with Crippen LogP contribution in [0.2, 0.25) is 10.0 Å². The first-order valence-electron chi connectivity index (χ1n) is 6.46. The van der Waals surface area contributed by atoms with Crippen molar-refractivity contribution in [3.63, 3.8) is 0 Å². The zero-order valence-electron chi connectivity index (χ0n) is 10.9. The molecule has 5 nitrogen and oxygen atoms in total. The number of aromatic nitrogens is 2. The summed E-state index contributed by atoms with van der Waals surface area (Å²) in [5.74, 6) is 0.228. The molecule has 2 aromatic rings. The van der Waals surface area contributed by atoms with Gasteiger partial charge >= 0.3 is 0 Å². The van der Waals surface area contributed by atoms with Crippen molar-refractivity contribution in [2.75, 3.05) is 10.6 Å². The minimum absolute atomic E-state index is 0.314. The number of carbonyl (C=O) groups is 1. The predicted molar refractivity (Wildman–Crippen MR) is 83.1 cm³/mol. The van der Waals surface area contributed by atoms with Crippen LogP contribution >= 0.6 is 23.2 Å². The van der Waals surface area contributed by atoms with E-state index in [0.717, 1.165) is 12.8 Å². The number of rotatable bonds is 4. The summed E-state index contributed by atoms with van der Waals surface area (Å²) < 4.78 is 0. The summed E-state index contributed by atoms with van der Waals surface area (Å²) in [5.41, 5.74) is 0.894. The van der Waals surface area contributed by atoms with E-state index in [-0.39, 0.29) is 5.91 Å². The van der Waals surface area contributed by atoms with E-state index in [1.807, 2.05) is 0 Å². The Morgan fingerprint density at radius 1 is 1.10 bits per heavy atom. The van der Waals surface area contributed by atoms with E-state index in [4.69, 9.17) is 23.2 Å². The van der Waals surface area contributed by atoms with Gasteiger partial charge in [-0.1, -0.05) is 23.2 Å². The molecule has 1 fully saturated rings. The van der Waals surface area contributed by atoms with Gasteiger partial charge in [-0.2, -0.15) is 0 Å². The summed E-state index contributed by atoms with van der Waals surface area (Å²) in [6.45, 7) is 0. The quantitative estimate of drug-likeness (QED) is 0.902. The molecule has 1 aromatic carbocycles. The Labute approximate surface area is 131 Å². The molecular weight excluding hydrogens is 311 g/mol. The predicted octanol–water partition coefficient (Wildman–Crippen LogP) is 3.61. The van der Waals surface area contributed by atoms with Gasteiger partial charge in [-0.15, -0.1) is 0 Å². The van der Waals surface area contributed by atoms with Crippen molar-refractivity contribution in [2.24, 2.45) is 0 Å². The summed E-state index contributed by atoms with van der Waals surface area (Å²) in [5, 5.41) is 6.78. The summed E-state index contributed by atoms with van der Waals surface area (Å²) in [7, 11) is 0. The second kappa shape index (κ2) is 5.87. The number of amides is 1. The van der Waals surface area contributed by atoms with Crippen LogP contribution in [0.3, 0.4) is 0 Å². The standard InChI is InChI=1S/C14H12Cl2N4O/c15-9-3-10(16)5-12(4-9)19-13(21)8-6-17-14(18-7-8)20-11-1-2-11/h3-7,11H,1-2H2,(H,19,21)(H,17,18,20). The van der Waals surface area contributed by atoms with Crippen LogP contribution in [0.4, 0.5) is 11.6 Å². The SMILES string of the molecule is O=C(Nc1cc(Cl)cc(Cl)c1)c1cnc(NC2CC2)nc1. The smallest absolute Gasteiger partial charge is 0.258 e. The molecule has 0 saturated heterocycles. The number of hydrogen-bond donors (Lipinski definition) is 2. The number of benzene rings is 1. The third-order valence-electron chi connectivity index (χ3n) is 2.95. The molecule has 1 aliphatic carbocycles. The number of nitrogens with zero attached hydrogens (tertiary/aromatic N) is 2. The molecule has 1 amide bonds. The second-order valence-electron chi connectivity index (χ2n) is 4.83. The van der Waals surface area contributed by atoms with E-state index < -0.39 is 0 Å². The molecule has 0 atom stereocenters. The normalized spacial score (nSPS) is 13.8. The molecule has 1 aromatic heterocycles. The van der Waals surface area contributed by atoms with Crippen LogP contribution in [0.1, 0.15) is 23.2 Å². The fourth-order valence-corrected chi connectivity index (χ4v) is 2.29. The zero-order chi connectivity index (χ0) is 14.8. The lowest BCUT2D eigenvalue weighted by Gasteiger charge is -2.07. The van der Waals surface area contributed by atoms with Gasteiger partial charge < -0.3 is 10.6 Å². The Hall–Kier alpha value is -1.85. The maximum Gasteiger partial charge on any atom is 0.258 e. The highest BCUT2D eigenvalue weighted by atomic mass is 35.5. The maximum atomic E-state index is 12.1. The molecule has 0 unspecified atom stereocenters. The first-order valence-corrected chi connectivity index (χ1v) is 7.22. The van der Waals surface area contributed by atoms with Crippen LogP contribution in [0.5, 0.6) is 0 Å². The van der Waals surface area contributed by atoms with E-state index in [9.17, 15) is 4.79 Å². The van der Waals surface area contributed by atoms with Crippen molar-refractivity contribution >= 4 is 40.7 Å². The molecule has 0 aliphatic heterocycles. The van der Waals surface area contributed by atoms with E-state index in [2.05, 4.69) is 20.6 Å². The van der Waals surface area contributed by atoms with Crippen molar-refractivity contribution in [2.45, 2.75) is 18.9 Å². The molecule has 0 bridgehead atoms. The molecule has 1 aliphatic rings. The summed E-state index contributed by atoms with van der Waals surface area (Å²) in [6, 6.07) is 5.31. The molecule has 2 N–H and O–H groups in total. The van der Waals surface area contributed by atoms with Gasteiger partial charge in [0, 0.05) is 34.2 Å². The summed E-state index contributed by atoms with van der Waals surface area (Å²) in [6.07, 6.45) is 5.25. The van der Waals surface area contributed by atoms with Crippen molar-refractivity contribution in [3.8, 4) is 0 Å². The lowest BCUT2D eigenvalue weighted by Crippen LogP contribution is -2.13. The van der Waals surface area contributed by atoms with Gasteiger partial charge in [0.05, 0.1) is 5.56 Å². The van der Waals surface area contributed by atoms with Crippen LogP contribution < -0.4 is 10.6 Å². The van der Waals surface area contributed by atoms with Crippen LogP contribution in [-0.4, -0.2) is 21.9 Å². The third-order valence-corrected chi connectivity index (χ3v) is 3.38. The average molecular weight is 323 g/mol. The largest absolute Gasteiger partial charge is 0.351 e. The summed E-state index contributed by atoms with van der Waals surface area (Å²) >= 11 is 11.8. The molecule has 21 heavy (non-hydrogen) atoms. The van der Waals surface area contributed by atoms with Crippen molar-refractivity contribution in [3.05, 3.63) is 46.2 Å². The molecule has 0 radical (unpaired) electrons. The lowest BCUT2D eigenvalue weighted by molar-refractivity contribution is 0.102. The Bertz CT molecular complexity index is 651. The molecule has 1 heterocycles. The first-order chi connectivity index (χ1) is 10.1. The fourth-order valence-electron chi connectivity index (χ4n) is 1.76. The van der Waals surface area contributed by atoms with Crippen molar-refractivity contribution < 1.29 is 4.79 Å². The van der Waals surface area contributed by atoms with E-state index in [0.29, 0.717) is 33.3 Å². The van der Waals surface area contributed by atoms with Gasteiger partial charge in [-0.25, -0.2) is 9.97 Å². The second-order valence-corrected chi connectivity index (χ2v) is 5.70. The lowest BCUT2D eigenvalue weighted by atomic mass is 10.3. The monoisotopic (exact) mass is 322 g/mol.